The Bertz CT molecular complexity index is 858. The first-order valence-corrected chi connectivity index (χ1v) is 7.87. The Labute approximate surface area is 147 Å². The lowest BCUT2D eigenvalue weighted by Crippen LogP contribution is -2.06. The minimum Gasteiger partial charge on any atom is -0.462 e. The molecule has 0 N–H and O–H groups in total. The van der Waals surface area contributed by atoms with E-state index in [0.29, 0.717) is 11.4 Å². The standard InChI is InChI=1S/C17H15N3O6/c1-3-23-16(21)10-8-18-25-14(10)12-6-5-7-13(20-12)15-11(9-19-26-15)17(22)24-4-2/h5-9H,3-4H2,1-2H3. The summed E-state index contributed by atoms with van der Waals surface area (Å²) in [6, 6.07) is 4.94. The molecule has 0 aliphatic rings. The van der Waals surface area contributed by atoms with Crippen LogP contribution in [0.3, 0.4) is 0 Å². The van der Waals surface area contributed by atoms with Crippen LogP contribution in [-0.4, -0.2) is 40.4 Å². The van der Waals surface area contributed by atoms with Crippen molar-refractivity contribution < 1.29 is 28.1 Å². The molecule has 3 rings (SSSR count). The number of hydrogen-bond acceptors (Lipinski definition) is 9. The number of hydrogen-bond donors (Lipinski definition) is 0. The molecule has 0 aliphatic heterocycles. The third-order valence-corrected chi connectivity index (χ3v) is 3.35. The smallest absolute Gasteiger partial charge is 0.343 e. The van der Waals surface area contributed by atoms with E-state index in [9.17, 15) is 9.59 Å². The maximum Gasteiger partial charge on any atom is 0.343 e. The lowest BCUT2D eigenvalue weighted by molar-refractivity contribution is 0.0517. The van der Waals surface area contributed by atoms with E-state index in [4.69, 9.17) is 18.5 Å². The molecule has 0 fully saturated rings. The first-order chi connectivity index (χ1) is 12.7. The fourth-order valence-corrected chi connectivity index (χ4v) is 2.24. The Morgan fingerprint density at radius 1 is 0.885 bits per heavy atom. The van der Waals surface area contributed by atoms with Crippen molar-refractivity contribution in [3.8, 4) is 22.9 Å². The van der Waals surface area contributed by atoms with Crippen LogP contribution in [-0.2, 0) is 9.47 Å². The average Bonchev–Trinajstić information content (AvgIpc) is 3.32. The number of nitrogens with zero attached hydrogens (tertiary/aromatic N) is 3. The number of rotatable bonds is 6. The third kappa shape index (κ3) is 3.32. The van der Waals surface area contributed by atoms with Gasteiger partial charge in [-0.2, -0.15) is 0 Å². The molecule has 3 aromatic rings. The molecule has 0 amide bonds. The van der Waals surface area contributed by atoms with Gasteiger partial charge >= 0.3 is 11.9 Å². The van der Waals surface area contributed by atoms with Gasteiger partial charge in [0.25, 0.3) is 0 Å². The van der Waals surface area contributed by atoms with Gasteiger partial charge in [0.15, 0.2) is 11.5 Å². The fourth-order valence-electron chi connectivity index (χ4n) is 2.24. The van der Waals surface area contributed by atoms with Crippen LogP contribution < -0.4 is 0 Å². The predicted octanol–water partition coefficient (Wildman–Crippen LogP) is 2.75. The van der Waals surface area contributed by atoms with Crippen LogP contribution >= 0.6 is 0 Å². The zero-order valence-corrected chi connectivity index (χ0v) is 14.1. The van der Waals surface area contributed by atoms with Crippen LogP contribution in [0.1, 0.15) is 34.6 Å². The van der Waals surface area contributed by atoms with Gasteiger partial charge in [0.05, 0.1) is 25.6 Å². The van der Waals surface area contributed by atoms with E-state index in [-0.39, 0.29) is 35.9 Å². The molecule has 0 radical (unpaired) electrons. The highest BCUT2D eigenvalue weighted by molar-refractivity contribution is 5.96. The molecular formula is C17H15N3O6. The van der Waals surface area contributed by atoms with Gasteiger partial charge in [-0.3, -0.25) is 0 Å². The molecule has 0 spiro atoms. The molecule has 0 bridgehead atoms. The monoisotopic (exact) mass is 357 g/mol. The van der Waals surface area contributed by atoms with Crippen molar-refractivity contribution in [3.05, 3.63) is 41.7 Å². The number of pyridine rings is 1. The second kappa shape index (κ2) is 7.60. The molecular weight excluding hydrogens is 342 g/mol. The van der Waals surface area contributed by atoms with Gasteiger partial charge < -0.3 is 18.5 Å². The Morgan fingerprint density at radius 3 is 1.77 bits per heavy atom. The zero-order valence-electron chi connectivity index (χ0n) is 14.1. The molecule has 0 saturated heterocycles. The summed E-state index contributed by atoms with van der Waals surface area (Å²) >= 11 is 0. The molecule has 9 heteroatoms. The predicted molar refractivity (Wildman–Crippen MR) is 87.1 cm³/mol. The van der Waals surface area contributed by atoms with Gasteiger partial charge in [0, 0.05) is 0 Å². The van der Waals surface area contributed by atoms with Gasteiger partial charge in [-0.15, -0.1) is 0 Å². The number of ether oxygens (including phenoxy) is 2. The number of esters is 2. The molecule has 0 atom stereocenters. The Hall–Kier alpha value is -3.49. The van der Waals surface area contributed by atoms with Crippen molar-refractivity contribution in [2.45, 2.75) is 13.8 Å². The Balaban J connectivity index is 1.99. The molecule has 0 saturated carbocycles. The SMILES string of the molecule is CCOC(=O)c1cnoc1-c1cccc(-c2oncc2C(=O)OCC)n1. The molecule has 3 aromatic heterocycles. The van der Waals surface area contributed by atoms with Crippen molar-refractivity contribution in [2.24, 2.45) is 0 Å². The summed E-state index contributed by atoms with van der Waals surface area (Å²) in [6.07, 6.45) is 2.53. The van der Waals surface area contributed by atoms with Crippen LogP contribution in [0.4, 0.5) is 0 Å². The van der Waals surface area contributed by atoms with E-state index in [1.807, 2.05) is 0 Å². The lowest BCUT2D eigenvalue weighted by atomic mass is 10.1. The van der Waals surface area contributed by atoms with Crippen molar-refractivity contribution in [1.29, 1.82) is 0 Å². The van der Waals surface area contributed by atoms with Crippen LogP contribution in [0.2, 0.25) is 0 Å². The quantitative estimate of drug-likeness (QED) is 0.613. The number of carbonyl (C=O) groups is 2. The van der Waals surface area contributed by atoms with Crippen molar-refractivity contribution in [2.75, 3.05) is 13.2 Å². The van der Waals surface area contributed by atoms with E-state index in [0.717, 1.165) is 0 Å². The fraction of sp³-hybridized carbons (Fsp3) is 0.235. The first-order valence-electron chi connectivity index (χ1n) is 7.87. The first kappa shape index (κ1) is 17.3. The van der Waals surface area contributed by atoms with E-state index >= 15 is 0 Å². The summed E-state index contributed by atoms with van der Waals surface area (Å²) < 4.78 is 20.3. The summed E-state index contributed by atoms with van der Waals surface area (Å²) in [5, 5.41) is 7.28. The van der Waals surface area contributed by atoms with Gasteiger partial charge in [-0.25, -0.2) is 14.6 Å². The number of carbonyl (C=O) groups excluding carboxylic acids is 2. The average molecular weight is 357 g/mol. The van der Waals surface area contributed by atoms with Crippen LogP contribution in [0.15, 0.2) is 39.6 Å². The molecule has 0 aliphatic carbocycles. The van der Waals surface area contributed by atoms with Crippen LogP contribution in [0.25, 0.3) is 22.9 Å². The summed E-state index contributed by atoms with van der Waals surface area (Å²) in [6.45, 7) is 3.84. The third-order valence-electron chi connectivity index (χ3n) is 3.35. The lowest BCUT2D eigenvalue weighted by Gasteiger charge is -2.04. The molecule has 0 unspecified atom stereocenters. The van der Waals surface area contributed by atoms with Gasteiger partial charge in [0.1, 0.15) is 22.5 Å². The van der Waals surface area contributed by atoms with Crippen molar-refractivity contribution >= 4 is 11.9 Å². The van der Waals surface area contributed by atoms with Gasteiger partial charge in [0.2, 0.25) is 0 Å². The van der Waals surface area contributed by atoms with Gasteiger partial charge in [-0.05, 0) is 26.0 Å². The molecule has 26 heavy (non-hydrogen) atoms. The number of aromatic nitrogens is 3. The summed E-state index contributed by atoms with van der Waals surface area (Å²) in [4.78, 5) is 28.4. The summed E-state index contributed by atoms with van der Waals surface area (Å²) in [7, 11) is 0. The highest BCUT2D eigenvalue weighted by Crippen LogP contribution is 2.27. The van der Waals surface area contributed by atoms with Crippen LogP contribution in [0.5, 0.6) is 0 Å². The molecule has 9 nitrogen and oxygen atoms in total. The maximum atomic E-state index is 12.0. The minimum absolute atomic E-state index is 0.152. The largest absolute Gasteiger partial charge is 0.462 e. The highest BCUT2D eigenvalue weighted by Gasteiger charge is 2.23. The maximum absolute atomic E-state index is 12.0. The van der Waals surface area contributed by atoms with Crippen molar-refractivity contribution in [1.82, 2.24) is 15.3 Å². The summed E-state index contributed by atoms with van der Waals surface area (Å²) in [5.74, 6) is -0.823. The second-order valence-corrected chi connectivity index (χ2v) is 4.99. The second-order valence-electron chi connectivity index (χ2n) is 4.99. The van der Waals surface area contributed by atoms with Gasteiger partial charge in [-0.1, -0.05) is 16.4 Å². The Morgan fingerprint density at radius 2 is 1.35 bits per heavy atom. The van der Waals surface area contributed by atoms with E-state index in [1.165, 1.54) is 12.4 Å². The highest BCUT2D eigenvalue weighted by atomic mass is 16.5. The summed E-state index contributed by atoms with van der Waals surface area (Å²) in [5.41, 5.74) is 0.961. The normalized spacial score (nSPS) is 10.5. The topological polar surface area (TPSA) is 118 Å². The Kier molecular flexibility index (Phi) is 5.07. The van der Waals surface area contributed by atoms with E-state index in [1.54, 1.807) is 32.0 Å². The molecule has 3 heterocycles. The molecule has 0 aromatic carbocycles. The minimum atomic E-state index is -0.567. The van der Waals surface area contributed by atoms with E-state index < -0.39 is 11.9 Å². The van der Waals surface area contributed by atoms with Crippen LogP contribution in [0, 0.1) is 0 Å². The zero-order chi connectivity index (χ0) is 18.5. The molecule has 134 valence electrons. The van der Waals surface area contributed by atoms with E-state index in [2.05, 4.69) is 15.3 Å². The van der Waals surface area contributed by atoms with Crippen molar-refractivity contribution in [3.63, 3.8) is 0 Å².